The summed E-state index contributed by atoms with van der Waals surface area (Å²) in [6.45, 7) is 3.15. The fraction of sp³-hybridized carbons (Fsp3) is 0.368. The first-order valence-electron chi connectivity index (χ1n) is 7.68. The second-order valence-corrected chi connectivity index (χ2v) is 5.95. The summed E-state index contributed by atoms with van der Waals surface area (Å²) in [5.74, 6) is 1.64. The maximum atomic E-state index is 5.30. The van der Waals surface area contributed by atoms with Crippen molar-refractivity contribution in [1.82, 2.24) is 5.32 Å². The number of hydrogen-bond acceptors (Lipinski definition) is 2. The normalized spacial score (nSPS) is 20.9. The molecule has 0 bridgehead atoms. The van der Waals surface area contributed by atoms with Crippen molar-refractivity contribution in [2.24, 2.45) is 0 Å². The summed E-state index contributed by atoms with van der Waals surface area (Å²) in [6.07, 6.45) is 2.44. The van der Waals surface area contributed by atoms with Gasteiger partial charge in [0.2, 0.25) is 0 Å². The quantitative estimate of drug-likeness (QED) is 0.893. The van der Waals surface area contributed by atoms with E-state index in [0.717, 1.165) is 12.3 Å². The molecule has 0 saturated heterocycles. The van der Waals surface area contributed by atoms with Gasteiger partial charge in [0, 0.05) is 12.6 Å². The van der Waals surface area contributed by atoms with Crippen molar-refractivity contribution >= 4 is 0 Å². The van der Waals surface area contributed by atoms with E-state index in [2.05, 4.69) is 54.7 Å². The number of hydrogen-bond donors (Lipinski definition) is 1. The number of ether oxygens (including phenoxy) is 1. The Hall–Kier alpha value is -1.80. The van der Waals surface area contributed by atoms with Crippen LogP contribution < -0.4 is 10.1 Å². The van der Waals surface area contributed by atoms with Gasteiger partial charge < -0.3 is 10.1 Å². The molecule has 0 unspecified atom stereocenters. The van der Waals surface area contributed by atoms with E-state index in [4.69, 9.17) is 4.74 Å². The van der Waals surface area contributed by atoms with E-state index >= 15 is 0 Å². The van der Waals surface area contributed by atoms with Crippen LogP contribution in [0, 0.1) is 6.92 Å². The Morgan fingerprint density at radius 1 is 1.10 bits per heavy atom. The van der Waals surface area contributed by atoms with Crippen molar-refractivity contribution in [3.05, 3.63) is 65.2 Å². The third-order valence-electron chi connectivity index (χ3n) is 4.55. The van der Waals surface area contributed by atoms with Crippen LogP contribution in [0.1, 0.15) is 35.4 Å². The predicted molar refractivity (Wildman–Crippen MR) is 86.8 cm³/mol. The molecule has 2 heteroatoms. The molecule has 0 heterocycles. The highest BCUT2D eigenvalue weighted by Crippen LogP contribution is 2.38. The molecule has 2 aromatic carbocycles. The molecule has 2 nitrogen and oxygen atoms in total. The highest BCUT2D eigenvalue weighted by atomic mass is 16.5. The summed E-state index contributed by atoms with van der Waals surface area (Å²) in [5, 5.41) is 3.67. The lowest BCUT2D eigenvalue weighted by atomic mass is 9.76. The average Bonchev–Trinajstić information content (AvgIpc) is 2.47. The fourth-order valence-electron chi connectivity index (χ4n) is 3.01. The largest absolute Gasteiger partial charge is 0.497 e. The average molecular weight is 281 g/mol. The molecule has 0 aromatic heterocycles. The van der Waals surface area contributed by atoms with E-state index < -0.39 is 0 Å². The van der Waals surface area contributed by atoms with E-state index in [9.17, 15) is 0 Å². The van der Waals surface area contributed by atoms with Crippen LogP contribution in [0.5, 0.6) is 5.75 Å². The van der Waals surface area contributed by atoms with Gasteiger partial charge in [-0.25, -0.2) is 0 Å². The third kappa shape index (κ3) is 3.27. The zero-order valence-corrected chi connectivity index (χ0v) is 12.8. The number of methoxy groups -OCH3 is 1. The smallest absolute Gasteiger partial charge is 0.119 e. The molecule has 1 saturated carbocycles. The van der Waals surface area contributed by atoms with E-state index in [1.165, 1.54) is 29.5 Å². The van der Waals surface area contributed by atoms with Gasteiger partial charge in [-0.2, -0.15) is 0 Å². The lowest BCUT2D eigenvalue weighted by Crippen LogP contribution is -2.39. The highest BCUT2D eigenvalue weighted by molar-refractivity contribution is 5.32. The summed E-state index contributed by atoms with van der Waals surface area (Å²) in [7, 11) is 1.73. The first kappa shape index (κ1) is 14.2. The van der Waals surface area contributed by atoms with Crippen LogP contribution in [0.3, 0.4) is 0 Å². The number of benzene rings is 2. The van der Waals surface area contributed by atoms with Crippen molar-refractivity contribution in [3.63, 3.8) is 0 Å². The molecule has 1 aliphatic rings. The topological polar surface area (TPSA) is 21.3 Å². The van der Waals surface area contributed by atoms with Gasteiger partial charge in [0.05, 0.1) is 7.11 Å². The number of aryl methyl sites for hydroxylation is 1. The minimum atomic E-state index is 0.640. The molecule has 1 aliphatic carbocycles. The maximum Gasteiger partial charge on any atom is 0.119 e. The van der Waals surface area contributed by atoms with Gasteiger partial charge in [-0.05, 0) is 54.5 Å². The molecule has 1 N–H and O–H groups in total. The molecule has 0 spiro atoms. The van der Waals surface area contributed by atoms with Crippen LogP contribution in [0.15, 0.2) is 48.5 Å². The standard InChI is InChI=1S/C19H23NO/c1-14-6-3-4-7-16(14)13-20-18-10-17(11-18)15-8-5-9-19(12-15)21-2/h3-9,12,17-18,20H,10-11,13H2,1-2H3. The van der Waals surface area contributed by atoms with Crippen molar-refractivity contribution < 1.29 is 4.74 Å². The van der Waals surface area contributed by atoms with Gasteiger partial charge in [-0.15, -0.1) is 0 Å². The van der Waals surface area contributed by atoms with Crippen LogP contribution in [0.4, 0.5) is 0 Å². The molecule has 110 valence electrons. The molecule has 0 atom stereocenters. The first-order chi connectivity index (χ1) is 10.3. The van der Waals surface area contributed by atoms with Crippen LogP contribution >= 0.6 is 0 Å². The lowest BCUT2D eigenvalue weighted by molar-refractivity contribution is 0.288. The van der Waals surface area contributed by atoms with E-state index in [1.54, 1.807) is 7.11 Å². The molecule has 0 amide bonds. The Kier molecular flexibility index (Phi) is 4.26. The highest BCUT2D eigenvalue weighted by Gasteiger charge is 2.29. The monoisotopic (exact) mass is 281 g/mol. The summed E-state index contributed by atoms with van der Waals surface area (Å²) in [6, 6.07) is 17.7. The maximum absolute atomic E-state index is 5.30. The molecule has 1 fully saturated rings. The van der Waals surface area contributed by atoms with Crippen LogP contribution in [0.25, 0.3) is 0 Å². The predicted octanol–water partition coefficient (Wildman–Crippen LogP) is 4.04. The van der Waals surface area contributed by atoms with Crippen molar-refractivity contribution in [1.29, 1.82) is 0 Å². The summed E-state index contributed by atoms with van der Waals surface area (Å²) >= 11 is 0. The molecule has 21 heavy (non-hydrogen) atoms. The van der Waals surface area contributed by atoms with Crippen LogP contribution in [0.2, 0.25) is 0 Å². The first-order valence-corrected chi connectivity index (χ1v) is 7.68. The zero-order valence-electron chi connectivity index (χ0n) is 12.8. The van der Waals surface area contributed by atoms with Gasteiger partial charge in [-0.3, -0.25) is 0 Å². The molecule has 0 aliphatic heterocycles. The Labute approximate surface area is 127 Å². The Morgan fingerprint density at radius 2 is 1.90 bits per heavy atom. The minimum Gasteiger partial charge on any atom is -0.497 e. The summed E-state index contributed by atoms with van der Waals surface area (Å²) in [4.78, 5) is 0. The lowest BCUT2D eigenvalue weighted by Gasteiger charge is -2.36. The molecular formula is C19H23NO. The van der Waals surface area contributed by atoms with Gasteiger partial charge in [0.1, 0.15) is 5.75 Å². The summed E-state index contributed by atoms with van der Waals surface area (Å²) < 4.78 is 5.30. The van der Waals surface area contributed by atoms with Gasteiger partial charge >= 0.3 is 0 Å². The van der Waals surface area contributed by atoms with Crippen molar-refractivity contribution in [2.45, 2.75) is 38.3 Å². The number of rotatable bonds is 5. The molecule has 0 radical (unpaired) electrons. The third-order valence-corrected chi connectivity index (χ3v) is 4.55. The van der Waals surface area contributed by atoms with E-state index in [1.807, 2.05) is 6.07 Å². The SMILES string of the molecule is COc1cccc(C2CC(NCc3ccccc3C)C2)c1. The fourth-order valence-corrected chi connectivity index (χ4v) is 3.01. The molecule has 3 rings (SSSR count). The zero-order chi connectivity index (χ0) is 14.7. The van der Waals surface area contributed by atoms with Crippen LogP contribution in [-0.2, 0) is 6.54 Å². The second kappa shape index (κ2) is 6.31. The molecule has 2 aromatic rings. The van der Waals surface area contributed by atoms with Gasteiger partial charge in [0.25, 0.3) is 0 Å². The minimum absolute atomic E-state index is 0.640. The van der Waals surface area contributed by atoms with E-state index in [0.29, 0.717) is 12.0 Å². The Balaban J connectivity index is 1.51. The van der Waals surface area contributed by atoms with Crippen LogP contribution in [-0.4, -0.2) is 13.2 Å². The van der Waals surface area contributed by atoms with Gasteiger partial charge in [-0.1, -0.05) is 36.4 Å². The Morgan fingerprint density at radius 3 is 2.67 bits per heavy atom. The van der Waals surface area contributed by atoms with Gasteiger partial charge in [0.15, 0.2) is 0 Å². The van der Waals surface area contributed by atoms with E-state index in [-0.39, 0.29) is 0 Å². The second-order valence-electron chi connectivity index (χ2n) is 5.95. The Bertz CT molecular complexity index is 602. The van der Waals surface area contributed by atoms with Crippen molar-refractivity contribution in [2.75, 3.05) is 7.11 Å². The number of nitrogens with one attached hydrogen (secondary N) is 1. The summed E-state index contributed by atoms with van der Waals surface area (Å²) in [5.41, 5.74) is 4.18. The molecular weight excluding hydrogens is 258 g/mol. The van der Waals surface area contributed by atoms with Crippen molar-refractivity contribution in [3.8, 4) is 5.75 Å².